The second-order valence-electron chi connectivity index (χ2n) is 8.88. The number of carbonyl (C=O) groups is 3. The smallest absolute Gasteiger partial charge is 0.413 e. The van der Waals surface area contributed by atoms with Gasteiger partial charge >= 0.3 is 12.1 Å². The van der Waals surface area contributed by atoms with E-state index in [9.17, 15) is 19.5 Å². The minimum atomic E-state index is -1.12. The first kappa shape index (κ1) is 27.4. The fourth-order valence-corrected chi connectivity index (χ4v) is 4.27. The van der Waals surface area contributed by atoms with Crippen molar-refractivity contribution in [1.29, 1.82) is 0 Å². The number of benzene rings is 3. The average Bonchev–Trinajstić information content (AvgIpc) is 3.28. The molecular weight excluding hydrogens is 520 g/mol. The number of carbonyl (C=O) groups excluding carboxylic acids is 2. The van der Waals surface area contributed by atoms with Gasteiger partial charge in [0.05, 0.1) is 11.9 Å². The van der Waals surface area contributed by atoms with E-state index >= 15 is 0 Å². The van der Waals surface area contributed by atoms with Crippen molar-refractivity contribution in [3.05, 3.63) is 112 Å². The number of nitrogens with one attached hydrogen (secondary N) is 2. The average molecular weight is 547 g/mol. The zero-order valence-corrected chi connectivity index (χ0v) is 22.1. The lowest BCUT2D eigenvalue weighted by Gasteiger charge is -2.17. The molecule has 4 aromatic rings. The maximum Gasteiger partial charge on any atom is 0.413 e. The summed E-state index contributed by atoms with van der Waals surface area (Å²) in [4.78, 5) is 37.2. The standard InChI is InChI=1S/C29H27ClN4O5/c1-18-17-31-34(26(18)33-29(38)39-19(2)23-10-6-7-11-24(23)30)22-14-12-21(13-15-22)27(35)32-25(28(36)37)16-20-8-4-3-5-9-20/h3-15,17,19,25H,16H2,1-2H3,(H,32,35)(H,33,38)(H,36,37). The molecule has 2 amide bonds. The number of anilines is 1. The number of hydrogen-bond donors (Lipinski definition) is 3. The van der Waals surface area contributed by atoms with Crippen LogP contribution in [0.1, 0.15) is 40.1 Å². The van der Waals surface area contributed by atoms with Crippen LogP contribution in [0.3, 0.4) is 0 Å². The van der Waals surface area contributed by atoms with Gasteiger partial charge in [-0.1, -0.05) is 60.1 Å². The van der Waals surface area contributed by atoms with Gasteiger partial charge in [0, 0.05) is 28.1 Å². The predicted octanol–water partition coefficient (Wildman–Crippen LogP) is 5.57. The third-order valence-electron chi connectivity index (χ3n) is 6.06. The second kappa shape index (κ2) is 12.3. The van der Waals surface area contributed by atoms with Crippen molar-refractivity contribution < 1.29 is 24.2 Å². The molecule has 10 heteroatoms. The zero-order valence-electron chi connectivity index (χ0n) is 21.3. The summed E-state index contributed by atoms with van der Waals surface area (Å²) >= 11 is 6.21. The normalized spacial score (nSPS) is 12.3. The van der Waals surface area contributed by atoms with Crippen molar-refractivity contribution in [3.8, 4) is 5.69 Å². The molecule has 4 rings (SSSR count). The van der Waals surface area contributed by atoms with Crippen molar-refractivity contribution in [1.82, 2.24) is 15.1 Å². The highest BCUT2D eigenvalue weighted by Crippen LogP contribution is 2.26. The Hall–Kier alpha value is -4.63. The van der Waals surface area contributed by atoms with E-state index in [1.165, 1.54) is 4.68 Å². The number of aryl methyl sites for hydroxylation is 1. The third kappa shape index (κ3) is 6.82. The minimum absolute atomic E-state index is 0.160. The molecule has 0 saturated carbocycles. The van der Waals surface area contributed by atoms with E-state index in [0.717, 1.165) is 5.56 Å². The summed E-state index contributed by atoms with van der Waals surface area (Å²) in [6.45, 7) is 3.51. The highest BCUT2D eigenvalue weighted by atomic mass is 35.5. The van der Waals surface area contributed by atoms with E-state index < -0.39 is 30.1 Å². The van der Waals surface area contributed by atoms with Gasteiger partial charge < -0.3 is 15.2 Å². The van der Waals surface area contributed by atoms with Crippen molar-refractivity contribution in [2.24, 2.45) is 0 Å². The van der Waals surface area contributed by atoms with Crippen LogP contribution in [0.25, 0.3) is 5.69 Å². The van der Waals surface area contributed by atoms with Crippen molar-refractivity contribution in [3.63, 3.8) is 0 Å². The van der Waals surface area contributed by atoms with Gasteiger partial charge in [-0.25, -0.2) is 14.3 Å². The summed E-state index contributed by atoms with van der Waals surface area (Å²) < 4.78 is 7.02. The molecule has 9 nitrogen and oxygen atoms in total. The number of hydrogen-bond acceptors (Lipinski definition) is 5. The van der Waals surface area contributed by atoms with Crippen molar-refractivity contribution in [2.75, 3.05) is 5.32 Å². The Labute approximate surface area is 230 Å². The molecule has 2 atom stereocenters. The van der Waals surface area contributed by atoms with Crippen LogP contribution in [0, 0.1) is 6.92 Å². The Morgan fingerprint density at radius 1 is 1.00 bits per heavy atom. The summed E-state index contributed by atoms with van der Waals surface area (Å²) in [6, 6.07) is 21.5. The summed E-state index contributed by atoms with van der Waals surface area (Å²) in [5, 5.41) is 19.7. The van der Waals surface area contributed by atoms with Gasteiger partial charge in [0.1, 0.15) is 18.0 Å². The van der Waals surface area contributed by atoms with E-state index in [-0.39, 0.29) is 12.0 Å². The quantitative estimate of drug-likeness (QED) is 0.252. The highest BCUT2D eigenvalue weighted by Gasteiger charge is 2.22. The number of halogens is 1. The number of nitrogens with zero attached hydrogens (tertiary/aromatic N) is 2. The topological polar surface area (TPSA) is 123 Å². The van der Waals surface area contributed by atoms with Crippen LogP contribution >= 0.6 is 11.6 Å². The Kier molecular flexibility index (Phi) is 8.63. The fourth-order valence-electron chi connectivity index (χ4n) is 3.98. The van der Waals surface area contributed by atoms with E-state index in [1.54, 1.807) is 62.5 Å². The molecule has 0 aliphatic carbocycles. The first-order valence-electron chi connectivity index (χ1n) is 12.2. The lowest BCUT2D eigenvalue weighted by molar-refractivity contribution is -0.139. The van der Waals surface area contributed by atoms with Gasteiger partial charge in [0.2, 0.25) is 0 Å². The number of carboxylic acid groups (broad SMARTS) is 1. The molecule has 3 N–H and O–H groups in total. The van der Waals surface area contributed by atoms with Crippen LogP contribution in [0.5, 0.6) is 0 Å². The van der Waals surface area contributed by atoms with E-state index in [2.05, 4.69) is 15.7 Å². The van der Waals surface area contributed by atoms with Crippen LogP contribution in [-0.4, -0.2) is 38.9 Å². The van der Waals surface area contributed by atoms with Gasteiger partial charge in [0.15, 0.2) is 0 Å². The molecule has 0 aliphatic rings. The lowest BCUT2D eigenvalue weighted by atomic mass is 10.1. The monoisotopic (exact) mass is 546 g/mol. The summed E-state index contributed by atoms with van der Waals surface area (Å²) in [5.41, 5.74) is 3.04. The Balaban J connectivity index is 1.44. The Morgan fingerprint density at radius 3 is 2.33 bits per heavy atom. The first-order valence-corrected chi connectivity index (χ1v) is 12.6. The molecular formula is C29H27ClN4O5. The number of ether oxygens (including phenoxy) is 1. The second-order valence-corrected chi connectivity index (χ2v) is 9.29. The first-order chi connectivity index (χ1) is 18.7. The lowest BCUT2D eigenvalue weighted by Crippen LogP contribution is -2.42. The molecule has 0 saturated heterocycles. The maximum absolute atomic E-state index is 12.8. The van der Waals surface area contributed by atoms with E-state index in [4.69, 9.17) is 16.3 Å². The molecule has 3 aromatic carbocycles. The third-order valence-corrected chi connectivity index (χ3v) is 6.40. The van der Waals surface area contributed by atoms with Gasteiger partial charge in [-0.15, -0.1) is 0 Å². The van der Waals surface area contributed by atoms with Gasteiger partial charge in [-0.3, -0.25) is 10.1 Å². The van der Waals surface area contributed by atoms with E-state index in [0.29, 0.717) is 27.7 Å². The van der Waals surface area contributed by atoms with Crippen LogP contribution in [0.15, 0.2) is 85.1 Å². The largest absolute Gasteiger partial charge is 0.480 e. The molecule has 0 spiro atoms. The van der Waals surface area contributed by atoms with Crippen LogP contribution in [0.2, 0.25) is 5.02 Å². The molecule has 2 unspecified atom stereocenters. The summed E-state index contributed by atoms with van der Waals surface area (Å²) in [7, 11) is 0. The molecule has 39 heavy (non-hydrogen) atoms. The summed E-state index contributed by atoms with van der Waals surface area (Å²) in [5.74, 6) is -1.24. The Bertz CT molecular complexity index is 1470. The number of carboxylic acids is 1. The highest BCUT2D eigenvalue weighted by molar-refractivity contribution is 6.31. The number of amides is 2. The molecule has 200 valence electrons. The minimum Gasteiger partial charge on any atom is -0.480 e. The van der Waals surface area contributed by atoms with Crippen LogP contribution in [0.4, 0.5) is 10.6 Å². The predicted molar refractivity (Wildman–Crippen MR) is 147 cm³/mol. The molecule has 0 fully saturated rings. The number of aromatic nitrogens is 2. The SMILES string of the molecule is Cc1cnn(-c2ccc(C(=O)NC(Cc3ccccc3)C(=O)O)cc2)c1NC(=O)OC(C)c1ccccc1Cl. The molecule has 0 bridgehead atoms. The molecule has 1 aromatic heterocycles. The van der Waals surface area contributed by atoms with Gasteiger partial charge in [-0.2, -0.15) is 5.10 Å². The van der Waals surface area contributed by atoms with E-state index in [1.807, 2.05) is 36.4 Å². The van der Waals surface area contributed by atoms with Crippen molar-refractivity contribution in [2.45, 2.75) is 32.4 Å². The molecule has 0 radical (unpaired) electrons. The summed E-state index contributed by atoms with van der Waals surface area (Å²) in [6.07, 6.45) is 0.493. The van der Waals surface area contributed by atoms with Gasteiger partial charge in [-0.05, 0) is 49.7 Å². The Morgan fingerprint density at radius 2 is 1.67 bits per heavy atom. The molecule has 0 aliphatic heterocycles. The fraction of sp³-hybridized carbons (Fsp3) is 0.172. The zero-order chi connectivity index (χ0) is 27.9. The molecule has 1 heterocycles. The van der Waals surface area contributed by atoms with Crippen molar-refractivity contribution >= 4 is 35.4 Å². The maximum atomic E-state index is 12.8. The number of rotatable bonds is 9. The van der Waals surface area contributed by atoms with Gasteiger partial charge in [0.25, 0.3) is 5.91 Å². The van der Waals surface area contributed by atoms with Crippen LogP contribution < -0.4 is 10.6 Å². The number of aliphatic carboxylic acids is 1. The van der Waals surface area contributed by atoms with Crippen LogP contribution in [-0.2, 0) is 16.0 Å².